The summed E-state index contributed by atoms with van der Waals surface area (Å²) in [4.78, 5) is 2.24. The molecular weight excluding hydrogens is 378 g/mol. The zero-order valence-corrected chi connectivity index (χ0v) is 20.2. The van der Waals surface area contributed by atoms with Crippen molar-refractivity contribution >= 4 is 5.69 Å². The van der Waals surface area contributed by atoms with Gasteiger partial charge in [-0.05, 0) is 36.8 Å². The minimum Gasteiger partial charge on any atom is -0.494 e. The van der Waals surface area contributed by atoms with E-state index in [9.17, 15) is 0 Å². The molecule has 1 heterocycles. The zero-order chi connectivity index (χ0) is 21.8. The van der Waals surface area contributed by atoms with Crippen molar-refractivity contribution in [3.8, 4) is 5.75 Å². The Morgan fingerprint density at radius 3 is 1.65 bits per heavy atom. The van der Waals surface area contributed by atoms with E-state index >= 15 is 0 Å². The second-order valence-electron chi connectivity index (χ2n) is 9.07. The van der Waals surface area contributed by atoms with E-state index in [4.69, 9.17) is 4.74 Å². The minimum atomic E-state index is 0.837. The molecule has 1 aliphatic heterocycles. The molecular formula is C29H47NO. The van der Waals surface area contributed by atoms with Gasteiger partial charge in [0.25, 0.3) is 0 Å². The molecule has 2 rings (SSSR count). The minimum absolute atomic E-state index is 0.837. The van der Waals surface area contributed by atoms with E-state index in [0.717, 1.165) is 18.9 Å². The molecule has 174 valence electrons. The molecule has 2 nitrogen and oxygen atoms in total. The SMILES string of the molecule is CCCCCCCCCCCCCCCCCCOc1ccc(N2C=CC=CC2)cc1. The summed E-state index contributed by atoms with van der Waals surface area (Å²) in [5.74, 6) is 0.987. The van der Waals surface area contributed by atoms with Crippen LogP contribution >= 0.6 is 0 Å². The van der Waals surface area contributed by atoms with E-state index < -0.39 is 0 Å². The summed E-state index contributed by atoms with van der Waals surface area (Å²) in [5, 5.41) is 0. The Morgan fingerprint density at radius 1 is 0.645 bits per heavy atom. The molecule has 31 heavy (non-hydrogen) atoms. The van der Waals surface area contributed by atoms with Crippen LogP contribution < -0.4 is 9.64 Å². The lowest BCUT2D eigenvalue weighted by molar-refractivity contribution is 0.304. The fourth-order valence-electron chi connectivity index (χ4n) is 4.23. The molecule has 0 aromatic heterocycles. The third-order valence-electron chi connectivity index (χ3n) is 6.25. The predicted octanol–water partition coefficient (Wildman–Crippen LogP) is 9.22. The number of anilines is 1. The Morgan fingerprint density at radius 2 is 1.16 bits per heavy atom. The molecule has 0 bridgehead atoms. The fraction of sp³-hybridized carbons (Fsp3) is 0.655. The first-order chi connectivity index (χ1) is 15.4. The van der Waals surface area contributed by atoms with Gasteiger partial charge in [-0.15, -0.1) is 0 Å². The molecule has 0 N–H and O–H groups in total. The van der Waals surface area contributed by atoms with Crippen molar-refractivity contribution < 1.29 is 4.74 Å². The topological polar surface area (TPSA) is 12.5 Å². The zero-order valence-electron chi connectivity index (χ0n) is 20.2. The van der Waals surface area contributed by atoms with Crippen LogP contribution in [0, 0.1) is 0 Å². The van der Waals surface area contributed by atoms with Gasteiger partial charge in [-0.1, -0.05) is 115 Å². The van der Waals surface area contributed by atoms with Gasteiger partial charge in [0.05, 0.1) is 6.61 Å². The summed E-state index contributed by atoms with van der Waals surface area (Å²) in [7, 11) is 0. The van der Waals surface area contributed by atoms with Gasteiger partial charge in [-0.25, -0.2) is 0 Å². The van der Waals surface area contributed by atoms with Gasteiger partial charge in [-0.2, -0.15) is 0 Å². The molecule has 0 aliphatic carbocycles. The Balaban J connectivity index is 1.33. The Kier molecular flexibility index (Phi) is 14.8. The Hall–Kier alpha value is -1.70. The largest absolute Gasteiger partial charge is 0.494 e. The number of benzene rings is 1. The van der Waals surface area contributed by atoms with E-state index in [0.29, 0.717) is 0 Å². The number of allylic oxidation sites excluding steroid dienone is 2. The molecule has 1 aliphatic rings. The summed E-state index contributed by atoms with van der Waals surface area (Å²) in [6.45, 7) is 4.07. The van der Waals surface area contributed by atoms with Crippen LogP contribution in [0.25, 0.3) is 0 Å². The van der Waals surface area contributed by atoms with Crippen LogP contribution in [0.15, 0.2) is 48.7 Å². The lowest BCUT2D eigenvalue weighted by atomic mass is 10.0. The Labute approximate surface area is 192 Å². The maximum absolute atomic E-state index is 5.92. The average Bonchev–Trinajstić information content (AvgIpc) is 2.82. The molecule has 0 amide bonds. The van der Waals surface area contributed by atoms with Crippen molar-refractivity contribution in [2.45, 2.75) is 110 Å². The first-order valence-corrected chi connectivity index (χ1v) is 13.2. The number of nitrogens with zero attached hydrogens (tertiary/aromatic N) is 1. The van der Waals surface area contributed by atoms with Crippen LogP contribution in [-0.2, 0) is 0 Å². The summed E-state index contributed by atoms with van der Waals surface area (Å²) < 4.78 is 5.92. The van der Waals surface area contributed by atoms with E-state index in [1.54, 1.807) is 0 Å². The van der Waals surface area contributed by atoms with Gasteiger partial charge in [-0.3, -0.25) is 0 Å². The van der Waals surface area contributed by atoms with Crippen LogP contribution in [0.5, 0.6) is 5.75 Å². The standard InChI is InChI=1S/C29H47NO/c1-2-3-4-5-6-7-8-9-10-11-12-13-14-15-16-20-27-31-29-23-21-28(22-24-29)30-25-18-17-19-26-30/h17-19,21-25H,2-16,20,26-27H2,1H3. The number of unbranched alkanes of at least 4 members (excludes halogenated alkanes) is 15. The van der Waals surface area contributed by atoms with Crippen molar-refractivity contribution in [3.05, 3.63) is 48.7 Å². The van der Waals surface area contributed by atoms with Gasteiger partial charge >= 0.3 is 0 Å². The average molecular weight is 426 g/mol. The smallest absolute Gasteiger partial charge is 0.119 e. The van der Waals surface area contributed by atoms with Crippen LogP contribution in [0.3, 0.4) is 0 Å². The fourth-order valence-corrected chi connectivity index (χ4v) is 4.23. The van der Waals surface area contributed by atoms with Gasteiger partial charge in [0.15, 0.2) is 0 Å². The summed E-state index contributed by atoms with van der Waals surface area (Å²) >= 11 is 0. The van der Waals surface area contributed by atoms with Crippen molar-refractivity contribution in [2.24, 2.45) is 0 Å². The maximum Gasteiger partial charge on any atom is 0.119 e. The van der Waals surface area contributed by atoms with E-state index in [1.165, 1.54) is 108 Å². The molecule has 0 radical (unpaired) electrons. The highest BCUT2D eigenvalue weighted by atomic mass is 16.5. The molecule has 0 saturated carbocycles. The second-order valence-corrected chi connectivity index (χ2v) is 9.07. The highest BCUT2D eigenvalue weighted by Crippen LogP contribution is 2.21. The number of hydrogen-bond acceptors (Lipinski definition) is 2. The van der Waals surface area contributed by atoms with Crippen molar-refractivity contribution in [1.29, 1.82) is 0 Å². The van der Waals surface area contributed by atoms with Crippen molar-refractivity contribution in [3.63, 3.8) is 0 Å². The first kappa shape index (κ1) is 25.6. The third-order valence-corrected chi connectivity index (χ3v) is 6.25. The molecule has 0 saturated heterocycles. The van der Waals surface area contributed by atoms with Crippen molar-refractivity contribution in [2.75, 3.05) is 18.1 Å². The highest BCUT2D eigenvalue weighted by molar-refractivity contribution is 5.53. The van der Waals surface area contributed by atoms with Crippen LogP contribution in [0.4, 0.5) is 5.69 Å². The second kappa shape index (κ2) is 17.9. The number of ether oxygens (including phenoxy) is 1. The normalized spacial score (nSPS) is 13.1. The van der Waals surface area contributed by atoms with Crippen LogP contribution in [-0.4, -0.2) is 13.2 Å². The molecule has 0 atom stereocenters. The van der Waals surface area contributed by atoms with Gasteiger partial charge < -0.3 is 9.64 Å². The lowest BCUT2D eigenvalue weighted by Gasteiger charge is -2.20. The lowest BCUT2D eigenvalue weighted by Crippen LogP contribution is -2.17. The number of rotatable bonds is 19. The molecule has 2 heteroatoms. The van der Waals surface area contributed by atoms with Gasteiger partial charge in [0.1, 0.15) is 5.75 Å². The maximum atomic E-state index is 5.92. The predicted molar refractivity (Wildman–Crippen MR) is 137 cm³/mol. The Bertz CT molecular complexity index is 589. The van der Waals surface area contributed by atoms with E-state index in [-0.39, 0.29) is 0 Å². The summed E-state index contributed by atoms with van der Waals surface area (Å²) in [6.07, 6.45) is 30.9. The number of hydrogen-bond donors (Lipinski definition) is 0. The monoisotopic (exact) mass is 425 g/mol. The van der Waals surface area contributed by atoms with E-state index in [2.05, 4.69) is 60.5 Å². The summed E-state index contributed by atoms with van der Waals surface area (Å²) in [5.41, 5.74) is 1.22. The molecule has 0 fully saturated rings. The van der Waals surface area contributed by atoms with Crippen molar-refractivity contribution in [1.82, 2.24) is 0 Å². The van der Waals surface area contributed by atoms with Gasteiger partial charge in [0, 0.05) is 18.4 Å². The summed E-state index contributed by atoms with van der Waals surface area (Å²) in [6, 6.07) is 8.47. The molecule has 1 aromatic carbocycles. The highest BCUT2D eigenvalue weighted by Gasteiger charge is 2.03. The quantitative estimate of drug-likeness (QED) is 0.205. The molecule has 0 spiro atoms. The first-order valence-electron chi connectivity index (χ1n) is 13.2. The molecule has 1 aromatic rings. The van der Waals surface area contributed by atoms with Crippen LogP contribution in [0.2, 0.25) is 0 Å². The van der Waals surface area contributed by atoms with Gasteiger partial charge in [0.2, 0.25) is 0 Å². The third kappa shape index (κ3) is 12.7. The van der Waals surface area contributed by atoms with E-state index in [1.807, 2.05) is 0 Å². The van der Waals surface area contributed by atoms with Crippen LogP contribution in [0.1, 0.15) is 110 Å². The molecule has 0 unspecified atom stereocenters.